The molecular weight excluding hydrogens is 340 g/mol. The van der Waals surface area contributed by atoms with E-state index in [0.29, 0.717) is 18.3 Å². The van der Waals surface area contributed by atoms with Gasteiger partial charge in [-0.2, -0.15) is 4.98 Å². The molecule has 4 rings (SSSR count). The molecular formula is C21H22N4O2. The number of benzene rings is 2. The summed E-state index contributed by atoms with van der Waals surface area (Å²) in [7, 11) is 1.78. The summed E-state index contributed by atoms with van der Waals surface area (Å²) < 4.78 is 5.37. The number of anilines is 1. The first kappa shape index (κ1) is 17.3. The van der Waals surface area contributed by atoms with Crippen molar-refractivity contribution in [1.29, 1.82) is 0 Å². The SMILES string of the molecule is CN(Cc1ccccc1)C(=O)Nc1ccc(-c2noc(C3CCC3)n2)cc1. The molecule has 0 bridgehead atoms. The fraction of sp³-hybridized carbons (Fsp3) is 0.286. The number of nitrogens with one attached hydrogen (secondary N) is 1. The summed E-state index contributed by atoms with van der Waals surface area (Å²) in [6, 6.07) is 17.2. The van der Waals surface area contributed by atoms with Crippen LogP contribution >= 0.6 is 0 Å². The average molecular weight is 362 g/mol. The van der Waals surface area contributed by atoms with Crippen LogP contribution in [0.2, 0.25) is 0 Å². The number of carbonyl (C=O) groups is 1. The number of amides is 2. The van der Waals surface area contributed by atoms with Crippen LogP contribution in [0, 0.1) is 0 Å². The Bertz CT molecular complexity index is 901. The fourth-order valence-electron chi connectivity index (χ4n) is 3.02. The van der Waals surface area contributed by atoms with Crippen molar-refractivity contribution in [3.05, 3.63) is 66.1 Å². The lowest BCUT2D eigenvalue weighted by Crippen LogP contribution is -2.30. The number of urea groups is 1. The number of nitrogens with zero attached hydrogens (tertiary/aromatic N) is 3. The monoisotopic (exact) mass is 362 g/mol. The van der Waals surface area contributed by atoms with E-state index in [4.69, 9.17) is 4.52 Å². The second kappa shape index (κ2) is 7.61. The van der Waals surface area contributed by atoms with E-state index in [2.05, 4.69) is 15.5 Å². The zero-order valence-corrected chi connectivity index (χ0v) is 15.3. The van der Waals surface area contributed by atoms with Crippen molar-refractivity contribution in [2.24, 2.45) is 0 Å². The molecule has 0 spiro atoms. The predicted octanol–water partition coefficient (Wildman–Crippen LogP) is 4.67. The molecule has 0 radical (unpaired) electrons. The van der Waals surface area contributed by atoms with Crippen molar-refractivity contribution >= 4 is 11.7 Å². The minimum Gasteiger partial charge on any atom is -0.339 e. The lowest BCUT2D eigenvalue weighted by Gasteiger charge is -2.20. The Balaban J connectivity index is 1.37. The molecule has 0 unspecified atom stereocenters. The van der Waals surface area contributed by atoms with Gasteiger partial charge in [-0.15, -0.1) is 0 Å². The summed E-state index contributed by atoms with van der Waals surface area (Å²) in [6.07, 6.45) is 3.49. The Morgan fingerprint density at radius 3 is 2.56 bits per heavy atom. The van der Waals surface area contributed by atoms with Gasteiger partial charge in [-0.25, -0.2) is 4.79 Å². The molecule has 27 heavy (non-hydrogen) atoms. The summed E-state index contributed by atoms with van der Waals surface area (Å²) in [5.41, 5.74) is 2.69. The molecule has 6 heteroatoms. The predicted molar refractivity (Wildman–Crippen MR) is 103 cm³/mol. The van der Waals surface area contributed by atoms with Crippen LogP contribution in [-0.2, 0) is 6.54 Å². The molecule has 0 atom stereocenters. The maximum atomic E-state index is 12.4. The highest BCUT2D eigenvalue weighted by Crippen LogP contribution is 2.36. The fourth-order valence-corrected chi connectivity index (χ4v) is 3.02. The van der Waals surface area contributed by atoms with Gasteiger partial charge in [0.25, 0.3) is 0 Å². The standard InChI is InChI=1S/C21H22N4O2/c1-25(14-15-6-3-2-4-7-15)21(26)22-18-12-10-16(11-13-18)19-23-20(27-24-19)17-8-5-9-17/h2-4,6-7,10-13,17H,5,8-9,14H2,1H3,(H,22,26). The van der Waals surface area contributed by atoms with E-state index in [9.17, 15) is 4.79 Å². The summed E-state index contributed by atoms with van der Waals surface area (Å²) in [6.45, 7) is 0.553. The van der Waals surface area contributed by atoms with Gasteiger partial charge in [0.2, 0.25) is 11.7 Å². The van der Waals surface area contributed by atoms with Gasteiger partial charge in [-0.3, -0.25) is 0 Å². The molecule has 1 saturated carbocycles. The third kappa shape index (κ3) is 4.00. The lowest BCUT2D eigenvalue weighted by atomic mass is 9.85. The van der Waals surface area contributed by atoms with Crippen LogP contribution in [0.5, 0.6) is 0 Å². The molecule has 2 aromatic carbocycles. The minimum atomic E-state index is -0.154. The van der Waals surface area contributed by atoms with Gasteiger partial charge >= 0.3 is 6.03 Å². The second-order valence-corrected chi connectivity index (χ2v) is 6.93. The van der Waals surface area contributed by atoms with E-state index in [1.807, 2.05) is 54.6 Å². The highest BCUT2D eigenvalue weighted by molar-refractivity contribution is 5.89. The summed E-state index contributed by atoms with van der Waals surface area (Å²) >= 11 is 0. The van der Waals surface area contributed by atoms with Crippen molar-refractivity contribution < 1.29 is 9.32 Å². The van der Waals surface area contributed by atoms with E-state index in [0.717, 1.165) is 35.5 Å². The highest BCUT2D eigenvalue weighted by Gasteiger charge is 2.25. The zero-order valence-electron chi connectivity index (χ0n) is 15.3. The van der Waals surface area contributed by atoms with Crippen LogP contribution in [0.25, 0.3) is 11.4 Å². The molecule has 6 nitrogen and oxygen atoms in total. The van der Waals surface area contributed by atoms with Crippen LogP contribution in [0.3, 0.4) is 0 Å². The van der Waals surface area contributed by atoms with E-state index in [1.54, 1.807) is 11.9 Å². The molecule has 1 fully saturated rings. The number of hydrogen-bond acceptors (Lipinski definition) is 4. The first-order valence-electron chi connectivity index (χ1n) is 9.19. The Morgan fingerprint density at radius 2 is 1.89 bits per heavy atom. The number of rotatable bonds is 5. The largest absolute Gasteiger partial charge is 0.339 e. The van der Waals surface area contributed by atoms with Gasteiger partial charge in [0.1, 0.15) is 0 Å². The molecule has 1 aliphatic carbocycles. The Hall–Kier alpha value is -3.15. The molecule has 1 N–H and O–H groups in total. The van der Waals surface area contributed by atoms with E-state index < -0.39 is 0 Å². The minimum absolute atomic E-state index is 0.154. The Labute approximate surface area is 158 Å². The van der Waals surface area contributed by atoms with Crippen LogP contribution < -0.4 is 5.32 Å². The van der Waals surface area contributed by atoms with Gasteiger partial charge in [-0.1, -0.05) is 41.9 Å². The molecule has 0 aliphatic heterocycles. The van der Waals surface area contributed by atoms with Gasteiger partial charge in [0, 0.05) is 30.8 Å². The summed E-state index contributed by atoms with van der Waals surface area (Å²) in [4.78, 5) is 18.5. The summed E-state index contributed by atoms with van der Waals surface area (Å²) in [5.74, 6) is 1.75. The third-order valence-corrected chi connectivity index (χ3v) is 4.90. The van der Waals surface area contributed by atoms with Gasteiger partial charge < -0.3 is 14.7 Å². The molecule has 3 aromatic rings. The number of aromatic nitrogens is 2. The second-order valence-electron chi connectivity index (χ2n) is 6.93. The maximum absolute atomic E-state index is 12.4. The van der Waals surface area contributed by atoms with Gasteiger partial charge in [0.05, 0.1) is 0 Å². The molecule has 0 saturated heterocycles. The molecule has 138 valence electrons. The van der Waals surface area contributed by atoms with E-state index >= 15 is 0 Å². The smallest absolute Gasteiger partial charge is 0.321 e. The van der Waals surface area contributed by atoms with Crippen LogP contribution in [-0.4, -0.2) is 28.1 Å². The Kier molecular flexibility index (Phi) is 4.87. The molecule has 1 aromatic heterocycles. The average Bonchev–Trinajstić information content (AvgIpc) is 3.11. The topological polar surface area (TPSA) is 71.3 Å². The van der Waals surface area contributed by atoms with Crippen molar-refractivity contribution in [2.75, 3.05) is 12.4 Å². The maximum Gasteiger partial charge on any atom is 0.321 e. The molecule has 1 heterocycles. The van der Waals surface area contributed by atoms with Crippen molar-refractivity contribution in [3.63, 3.8) is 0 Å². The van der Waals surface area contributed by atoms with Crippen molar-refractivity contribution in [3.8, 4) is 11.4 Å². The van der Waals surface area contributed by atoms with Crippen molar-refractivity contribution in [2.45, 2.75) is 31.7 Å². The first-order valence-corrected chi connectivity index (χ1v) is 9.19. The first-order chi connectivity index (χ1) is 13.2. The van der Waals surface area contributed by atoms with Crippen molar-refractivity contribution in [1.82, 2.24) is 15.0 Å². The molecule has 2 amide bonds. The van der Waals surface area contributed by atoms with Crippen LogP contribution in [0.1, 0.15) is 36.6 Å². The number of carbonyl (C=O) groups excluding carboxylic acids is 1. The van der Waals surface area contributed by atoms with E-state index in [-0.39, 0.29) is 6.03 Å². The van der Waals surface area contributed by atoms with Gasteiger partial charge in [0.15, 0.2) is 0 Å². The summed E-state index contributed by atoms with van der Waals surface area (Å²) in [5, 5.41) is 6.98. The van der Waals surface area contributed by atoms with Crippen LogP contribution in [0.4, 0.5) is 10.5 Å². The quantitative estimate of drug-likeness (QED) is 0.716. The lowest BCUT2D eigenvalue weighted by molar-refractivity contribution is 0.220. The molecule has 1 aliphatic rings. The van der Waals surface area contributed by atoms with Crippen LogP contribution in [0.15, 0.2) is 59.1 Å². The Morgan fingerprint density at radius 1 is 1.15 bits per heavy atom. The highest BCUT2D eigenvalue weighted by atomic mass is 16.5. The zero-order chi connectivity index (χ0) is 18.6. The number of hydrogen-bond donors (Lipinski definition) is 1. The normalized spacial score (nSPS) is 13.8. The van der Waals surface area contributed by atoms with E-state index in [1.165, 1.54) is 6.42 Å². The van der Waals surface area contributed by atoms with Gasteiger partial charge in [-0.05, 0) is 42.7 Å². The third-order valence-electron chi connectivity index (χ3n) is 4.90.